The molecule has 1 aliphatic rings. The second kappa shape index (κ2) is 9.13. The summed E-state index contributed by atoms with van der Waals surface area (Å²) in [6, 6.07) is 4.45. The van der Waals surface area contributed by atoms with Crippen molar-refractivity contribution in [1.29, 1.82) is 0 Å². The predicted molar refractivity (Wildman–Crippen MR) is 136 cm³/mol. The minimum Gasteiger partial charge on any atom is -0.395 e. The van der Waals surface area contributed by atoms with E-state index >= 15 is 0 Å². The number of fused-ring (bicyclic) bond motifs is 2. The molecule has 1 saturated heterocycles. The number of aromatic nitrogens is 4. The number of nitrogens with one attached hydrogen (secondary N) is 1. The predicted octanol–water partition coefficient (Wildman–Crippen LogP) is 3.90. The van der Waals surface area contributed by atoms with Crippen LogP contribution in [0.5, 0.6) is 0 Å². The third-order valence-corrected chi connectivity index (χ3v) is 8.05. The van der Waals surface area contributed by atoms with Crippen LogP contribution < -0.4 is 0 Å². The molecule has 1 fully saturated rings. The SMILES string of the molecule is Cc1cc(-c2[nH]c3sc(C(=O)N(C)C4CCN(CCO)CC4)cc3c2C(C)C)cn2ncnc12. The van der Waals surface area contributed by atoms with Gasteiger partial charge in [0.15, 0.2) is 5.65 Å². The van der Waals surface area contributed by atoms with Crippen molar-refractivity contribution in [3.8, 4) is 11.3 Å². The van der Waals surface area contributed by atoms with Crippen molar-refractivity contribution >= 4 is 33.1 Å². The second-order valence-corrected chi connectivity index (χ2v) is 10.6. The number of carbonyl (C=O) groups excluding carboxylic acids is 1. The molecule has 2 N–H and O–H groups in total. The summed E-state index contributed by atoms with van der Waals surface area (Å²) in [5.41, 5.74) is 5.32. The quantitative estimate of drug-likeness (QED) is 0.437. The molecule has 0 saturated carbocycles. The number of nitrogens with zero attached hydrogens (tertiary/aromatic N) is 5. The van der Waals surface area contributed by atoms with Crippen molar-refractivity contribution in [2.75, 3.05) is 33.3 Å². The van der Waals surface area contributed by atoms with E-state index in [4.69, 9.17) is 5.11 Å². The van der Waals surface area contributed by atoms with Gasteiger partial charge in [0.1, 0.15) is 11.2 Å². The van der Waals surface area contributed by atoms with E-state index < -0.39 is 0 Å². The first kappa shape index (κ1) is 23.0. The van der Waals surface area contributed by atoms with E-state index in [2.05, 4.69) is 52.9 Å². The highest BCUT2D eigenvalue weighted by molar-refractivity contribution is 7.20. The molecule has 4 aromatic rings. The van der Waals surface area contributed by atoms with E-state index in [-0.39, 0.29) is 18.6 Å². The van der Waals surface area contributed by atoms with Crippen molar-refractivity contribution < 1.29 is 9.90 Å². The zero-order chi connectivity index (χ0) is 24.0. The number of aliphatic hydroxyl groups is 1. The molecule has 5 heterocycles. The summed E-state index contributed by atoms with van der Waals surface area (Å²) < 4.78 is 1.82. The standard InChI is InChI=1S/C25H32N6O2S/c1-15(2)21-19-12-20(25(33)29(4)18-5-7-30(8-6-18)9-10-32)34-24(19)28-22(21)17-11-16(3)23-26-14-27-31(23)13-17/h11-15,18,28,32H,5-10H2,1-4H3. The fraction of sp³-hybridized carbons (Fsp3) is 0.480. The second-order valence-electron chi connectivity index (χ2n) is 9.57. The number of amides is 1. The van der Waals surface area contributed by atoms with Crippen LogP contribution in [0.3, 0.4) is 0 Å². The van der Waals surface area contributed by atoms with Gasteiger partial charge >= 0.3 is 0 Å². The molecule has 180 valence electrons. The first-order chi connectivity index (χ1) is 16.4. The van der Waals surface area contributed by atoms with E-state index in [1.54, 1.807) is 6.33 Å². The number of hydrogen-bond acceptors (Lipinski definition) is 6. The Morgan fingerprint density at radius 2 is 2.09 bits per heavy atom. The molecule has 0 aliphatic carbocycles. The van der Waals surface area contributed by atoms with Gasteiger partial charge in [-0.05, 0) is 48.9 Å². The number of H-pyrrole nitrogens is 1. The van der Waals surface area contributed by atoms with Crippen LogP contribution in [0.1, 0.15) is 53.4 Å². The maximum Gasteiger partial charge on any atom is 0.264 e. The number of hydrogen-bond donors (Lipinski definition) is 2. The number of carbonyl (C=O) groups is 1. The van der Waals surface area contributed by atoms with Crippen LogP contribution >= 0.6 is 11.3 Å². The van der Waals surface area contributed by atoms with Crippen LogP contribution in [0.4, 0.5) is 0 Å². The minimum atomic E-state index is 0.0892. The largest absolute Gasteiger partial charge is 0.395 e. The Labute approximate surface area is 203 Å². The van der Waals surface area contributed by atoms with Crippen LogP contribution in [0.15, 0.2) is 24.7 Å². The smallest absolute Gasteiger partial charge is 0.264 e. The Balaban J connectivity index is 1.44. The molecule has 4 aromatic heterocycles. The lowest BCUT2D eigenvalue weighted by Crippen LogP contribution is -2.46. The Bertz CT molecular complexity index is 1330. The fourth-order valence-corrected chi connectivity index (χ4v) is 6.23. The Morgan fingerprint density at radius 3 is 2.79 bits per heavy atom. The molecule has 0 radical (unpaired) electrons. The van der Waals surface area contributed by atoms with Crippen LogP contribution in [-0.2, 0) is 0 Å². The van der Waals surface area contributed by atoms with Crippen molar-refractivity contribution in [2.45, 2.75) is 45.6 Å². The zero-order valence-electron chi connectivity index (χ0n) is 20.2. The summed E-state index contributed by atoms with van der Waals surface area (Å²) in [4.78, 5) is 27.3. The summed E-state index contributed by atoms with van der Waals surface area (Å²) >= 11 is 1.54. The zero-order valence-corrected chi connectivity index (χ0v) is 21.0. The summed E-state index contributed by atoms with van der Waals surface area (Å²) in [6.07, 6.45) is 5.47. The Kier molecular flexibility index (Phi) is 6.18. The normalized spacial score (nSPS) is 15.7. The van der Waals surface area contributed by atoms with Gasteiger partial charge < -0.3 is 19.9 Å². The maximum atomic E-state index is 13.4. The van der Waals surface area contributed by atoms with Crippen molar-refractivity contribution in [1.82, 2.24) is 29.4 Å². The van der Waals surface area contributed by atoms with Crippen molar-refractivity contribution in [3.63, 3.8) is 0 Å². The number of thiophene rings is 1. The average Bonchev–Trinajstić information content (AvgIpc) is 3.53. The van der Waals surface area contributed by atoms with E-state index in [1.807, 2.05) is 22.7 Å². The molecule has 8 nitrogen and oxygen atoms in total. The number of piperidine rings is 1. The van der Waals surface area contributed by atoms with Crippen LogP contribution in [0.25, 0.3) is 27.1 Å². The van der Waals surface area contributed by atoms with Gasteiger partial charge in [-0.1, -0.05) is 13.8 Å². The van der Waals surface area contributed by atoms with Gasteiger partial charge in [0, 0.05) is 49.9 Å². The molecule has 1 amide bonds. The number of rotatable bonds is 6. The summed E-state index contributed by atoms with van der Waals surface area (Å²) in [5, 5.41) is 14.6. The fourth-order valence-electron chi connectivity index (χ4n) is 5.17. The third-order valence-electron chi connectivity index (χ3n) is 7.01. The number of aromatic amines is 1. The molecule has 0 aromatic carbocycles. The Morgan fingerprint density at radius 1 is 1.32 bits per heavy atom. The van der Waals surface area contributed by atoms with Gasteiger partial charge in [0.05, 0.1) is 17.2 Å². The van der Waals surface area contributed by atoms with E-state index in [9.17, 15) is 4.79 Å². The van der Waals surface area contributed by atoms with Crippen molar-refractivity contribution in [3.05, 3.63) is 40.7 Å². The minimum absolute atomic E-state index is 0.0892. The molecule has 5 rings (SSSR count). The molecule has 34 heavy (non-hydrogen) atoms. The summed E-state index contributed by atoms with van der Waals surface area (Å²) in [5.74, 6) is 0.382. The van der Waals surface area contributed by atoms with Crippen LogP contribution in [0.2, 0.25) is 0 Å². The lowest BCUT2D eigenvalue weighted by molar-refractivity contribution is 0.0630. The number of pyridine rings is 1. The molecular weight excluding hydrogens is 448 g/mol. The molecule has 9 heteroatoms. The molecular formula is C25H32N6O2S. The number of aliphatic hydroxyl groups excluding tert-OH is 1. The lowest BCUT2D eigenvalue weighted by Gasteiger charge is -2.36. The highest BCUT2D eigenvalue weighted by atomic mass is 32.1. The lowest BCUT2D eigenvalue weighted by atomic mass is 9.97. The van der Waals surface area contributed by atoms with E-state index in [0.717, 1.165) is 63.5 Å². The molecule has 0 atom stereocenters. The molecule has 1 aliphatic heterocycles. The topological polar surface area (TPSA) is 89.8 Å². The highest BCUT2D eigenvalue weighted by Crippen LogP contribution is 2.40. The van der Waals surface area contributed by atoms with E-state index in [1.165, 1.54) is 16.9 Å². The number of β-amino-alcohol motifs (C(OH)–C–C–N with tert-alkyl or cyclic N) is 1. The third kappa shape index (κ3) is 4.01. The van der Waals surface area contributed by atoms with Crippen LogP contribution in [0, 0.1) is 6.92 Å². The number of likely N-dealkylation sites (tertiary alicyclic amines) is 1. The maximum absolute atomic E-state index is 13.4. The first-order valence-electron chi connectivity index (χ1n) is 11.9. The van der Waals surface area contributed by atoms with E-state index in [0.29, 0.717) is 12.5 Å². The van der Waals surface area contributed by atoms with Gasteiger partial charge in [-0.2, -0.15) is 5.10 Å². The van der Waals surface area contributed by atoms with Gasteiger partial charge in [0.2, 0.25) is 0 Å². The Hall–Kier alpha value is -2.75. The van der Waals surface area contributed by atoms with Crippen LogP contribution in [-0.4, -0.2) is 79.7 Å². The summed E-state index contributed by atoms with van der Waals surface area (Å²) in [7, 11) is 1.92. The number of aryl methyl sites for hydroxylation is 1. The molecule has 0 unspecified atom stereocenters. The van der Waals surface area contributed by atoms with Gasteiger partial charge in [0.25, 0.3) is 5.91 Å². The van der Waals surface area contributed by atoms with Gasteiger partial charge in [-0.25, -0.2) is 9.50 Å². The highest BCUT2D eigenvalue weighted by Gasteiger charge is 2.28. The van der Waals surface area contributed by atoms with Crippen molar-refractivity contribution in [2.24, 2.45) is 0 Å². The first-order valence-corrected chi connectivity index (χ1v) is 12.7. The molecule has 0 spiro atoms. The summed E-state index contributed by atoms with van der Waals surface area (Å²) in [6.45, 7) is 9.18. The van der Waals surface area contributed by atoms with Gasteiger partial charge in [-0.15, -0.1) is 11.3 Å². The monoisotopic (exact) mass is 480 g/mol. The van der Waals surface area contributed by atoms with Gasteiger partial charge in [-0.3, -0.25) is 4.79 Å². The average molecular weight is 481 g/mol. The molecule has 0 bridgehead atoms.